The van der Waals surface area contributed by atoms with E-state index in [-0.39, 0.29) is 17.9 Å². The molecule has 24 heavy (non-hydrogen) atoms. The average molecular weight is 325 g/mol. The third kappa shape index (κ3) is 2.53. The van der Waals surface area contributed by atoms with E-state index in [0.29, 0.717) is 19.8 Å². The number of hydrogen-bond acceptors (Lipinski definition) is 3. The van der Waals surface area contributed by atoms with Gasteiger partial charge in [-0.25, -0.2) is 0 Å². The summed E-state index contributed by atoms with van der Waals surface area (Å²) in [7, 11) is 0. The highest BCUT2D eigenvalue weighted by Crippen LogP contribution is 2.33. The van der Waals surface area contributed by atoms with Crippen LogP contribution < -0.4 is 0 Å². The van der Waals surface area contributed by atoms with Crippen LogP contribution in [-0.4, -0.2) is 40.8 Å². The van der Waals surface area contributed by atoms with Crippen LogP contribution in [0.4, 0.5) is 0 Å². The number of carbonyl (C=O) groups is 1. The van der Waals surface area contributed by atoms with Crippen LogP contribution in [0, 0.1) is 19.8 Å². The van der Waals surface area contributed by atoms with Crippen LogP contribution in [0.2, 0.25) is 0 Å². The molecule has 5 nitrogen and oxygen atoms in total. The van der Waals surface area contributed by atoms with Crippen LogP contribution in [-0.2, 0) is 22.4 Å². The smallest absolute Gasteiger partial charge is 0.227 e. The van der Waals surface area contributed by atoms with E-state index in [1.807, 2.05) is 18.7 Å². The maximum absolute atomic E-state index is 13.2. The Balaban J connectivity index is 1.59. The molecule has 0 saturated carbocycles. The first kappa shape index (κ1) is 15.4. The number of ether oxygens (including phenoxy) is 1. The van der Waals surface area contributed by atoms with Crippen molar-refractivity contribution in [3.05, 3.63) is 52.3 Å². The van der Waals surface area contributed by atoms with Gasteiger partial charge in [-0.15, -0.1) is 0 Å². The summed E-state index contributed by atoms with van der Waals surface area (Å²) in [6.07, 6.45) is 1.70. The van der Waals surface area contributed by atoms with Gasteiger partial charge in [0.2, 0.25) is 5.91 Å². The molecular formula is C19H23N3O2. The van der Waals surface area contributed by atoms with Crippen molar-refractivity contribution in [1.29, 1.82) is 0 Å². The van der Waals surface area contributed by atoms with Crippen LogP contribution in [0.25, 0.3) is 0 Å². The molecule has 1 aromatic heterocycles. The first-order valence-electron chi connectivity index (χ1n) is 8.61. The maximum Gasteiger partial charge on any atom is 0.227 e. The minimum atomic E-state index is -0.0336. The molecule has 1 saturated heterocycles. The molecule has 1 amide bonds. The van der Waals surface area contributed by atoms with E-state index in [9.17, 15) is 4.79 Å². The molecule has 0 radical (unpaired) electrons. The van der Waals surface area contributed by atoms with Gasteiger partial charge in [-0.1, -0.05) is 24.3 Å². The second-order valence-electron chi connectivity index (χ2n) is 6.84. The predicted octanol–water partition coefficient (Wildman–Crippen LogP) is 2.34. The van der Waals surface area contributed by atoms with Gasteiger partial charge in [0, 0.05) is 23.7 Å². The minimum Gasteiger partial charge on any atom is -0.377 e. The third-order valence-electron chi connectivity index (χ3n) is 5.33. The lowest BCUT2D eigenvalue weighted by Crippen LogP contribution is -2.46. The number of fused-ring (bicyclic) bond motifs is 1. The molecule has 2 aliphatic rings. The summed E-state index contributed by atoms with van der Waals surface area (Å²) < 4.78 is 5.69. The van der Waals surface area contributed by atoms with Gasteiger partial charge >= 0.3 is 0 Å². The van der Waals surface area contributed by atoms with E-state index in [0.717, 1.165) is 29.8 Å². The van der Waals surface area contributed by atoms with Gasteiger partial charge in [0.15, 0.2) is 0 Å². The van der Waals surface area contributed by atoms with Gasteiger partial charge in [-0.05, 0) is 37.8 Å². The lowest BCUT2D eigenvalue weighted by Gasteiger charge is -2.37. The number of carbonyl (C=O) groups excluding carboxylic acids is 1. The van der Waals surface area contributed by atoms with Crippen molar-refractivity contribution in [3.8, 4) is 0 Å². The molecular weight excluding hydrogens is 302 g/mol. The van der Waals surface area contributed by atoms with Gasteiger partial charge in [-0.3, -0.25) is 9.89 Å². The highest BCUT2D eigenvalue weighted by atomic mass is 16.5. The number of morpholine rings is 1. The van der Waals surface area contributed by atoms with Crippen molar-refractivity contribution in [3.63, 3.8) is 0 Å². The molecule has 1 atom stereocenters. The summed E-state index contributed by atoms with van der Waals surface area (Å²) >= 11 is 0. The summed E-state index contributed by atoms with van der Waals surface area (Å²) in [4.78, 5) is 15.3. The van der Waals surface area contributed by atoms with Gasteiger partial charge in [0.25, 0.3) is 0 Å². The fourth-order valence-electron chi connectivity index (χ4n) is 4.13. The molecule has 1 unspecified atom stereocenters. The van der Waals surface area contributed by atoms with E-state index < -0.39 is 0 Å². The van der Waals surface area contributed by atoms with Gasteiger partial charge in [-0.2, -0.15) is 5.10 Å². The number of nitrogens with zero attached hydrogens (tertiary/aromatic N) is 2. The number of H-pyrrole nitrogens is 1. The van der Waals surface area contributed by atoms with Crippen molar-refractivity contribution in [2.24, 2.45) is 5.92 Å². The van der Waals surface area contributed by atoms with E-state index in [1.54, 1.807) is 0 Å². The Morgan fingerprint density at radius 1 is 1.25 bits per heavy atom. The second kappa shape index (κ2) is 6.06. The Bertz CT molecular complexity index is 723. The molecule has 126 valence electrons. The maximum atomic E-state index is 13.2. The van der Waals surface area contributed by atoms with Gasteiger partial charge in [0.1, 0.15) is 0 Å². The second-order valence-corrected chi connectivity index (χ2v) is 6.84. The summed E-state index contributed by atoms with van der Waals surface area (Å²) in [5.41, 5.74) is 5.72. The monoisotopic (exact) mass is 325 g/mol. The Hall–Kier alpha value is -2.14. The van der Waals surface area contributed by atoms with Gasteiger partial charge < -0.3 is 9.64 Å². The fourth-order valence-corrected chi connectivity index (χ4v) is 4.13. The summed E-state index contributed by atoms with van der Waals surface area (Å²) in [6, 6.07) is 8.37. The standard InChI is InChI=1S/C19H23N3O2/c1-12-18(13(2)21-20-12)17-11-24-8-7-22(17)19(23)16-9-14-5-3-4-6-15(14)10-16/h3-6,16-17H,7-11H2,1-2H3,(H,20,21). The minimum absolute atomic E-state index is 0.0336. The zero-order valence-electron chi connectivity index (χ0n) is 14.2. The number of hydrogen-bond donors (Lipinski definition) is 1. The number of rotatable bonds is 2. The Labute approximate surface area is 142 Å². The molecule has 5 heteroatoms. The highest BCUT2D eigenvalue weighted by Gasteiger charge is 2.37. The van der Waals surface area contributed by atoms with Crippen molar-refractivity contribution in [1.82, 2.24) is 15.1 Å². The summed E-state index contributed by atoms with van der Waals surface area (Å²) in [6.45, 7) is 5.81. The molecule has 1 fully saturated rings. The quantitative estimate of drug-likeness (QED) is 0.922. The van der Waals surface area contributed by atoms with Gasteiger partial charge in [0.05, 0.1) is 24.9 Å². The normalized spacial score (nSPS) is 21.1. The molecule has 1 aliphatic heterocycles. The van der Waals surface area contributed by atoms with Crippen LogP contribution in [0.15, 0.2) is 24.3 Å². The lowest BCUT2D eigenvalue weighted by atomic mass is 9.98. The van der Waals surface area contributed by atoms with Crippen molar-refractivity contribution in [2.45, 2.75) is 32.7 Å². The molecule has 1 N–H and O–H groups in total. The molecule has 1 aromatic carbocycles. The van der Waals surface area contributed by atoms with Crippen molar-refractivity contribution in [2.75, 3.05) is 19.8 Å². The number of aromatic nitrogens is 2. The van der Waals surface area contributed by atoms with Crippen LogP contribution in [0.1, 0.15) is 34.1 Å². The van der Waals surface area contributed by atoms with E-state index >= 15 is 0 Å². The summed E-state index contributed by atoms with van der Waals surface area (Å²) in [5.74, 6) is 0.301. The number of amides is 1. The Morgan fingerprint density at radius 2 is 1.96 bits per heavy atom. The average Bonchev–Trinajstić information content (AvgIpc) is 3.17. The number of aryl methyl sites for hydroxylation is 2. The van der Waals surface area contributed by atoms with Crippen LogP contribution in [0.3, 0.4) is 0 Å². The third-order valence-corrected chi connectivity index (χ3v) is 5.33. The highest BCUT2D eigenvalue weighted by molar-refractivity contribution is 5.81. The van der Waals surface area contributed by atoms with E-state index in [2.05, 4.69) is 34.5 Å². The number of benzene rings is 1. The first-order valence-corrected chi connectivity index (χ1v) is 8.61. The first-order chi connectivity index (χ1) is 11.6. The predicted molar refractivity (Wildman–Crippen MR) is 90.7 cm³/mol. The number of aromatic amines is 1. The van der Waals surface area contributed by atoms with E-state index in [4.69, 9.17) is 4.74 Å². The lowest BCUT2D eigenvalue weighted by molar-refractivity contribution is -0.144. The Morgan fingerprint density at radius 3 is 2.58 bits per heavy atom. The number of nitrogens with one attached hydrogen (secondary N) is 1. The molecule has 0 spiro atoms. The molecule has 2 heterocycles. The molecule has 0 bridgehead atoms. The largest absolute Gasteiger partial charge is 0.377 e. The zero-order chi connectivity index (χ0) is 16.7. The van der Waals surface area contributed by atoms with Crippen molar-refractivity contribution < 1.29 is 9.53 Å². The zero-order valence-corrected chi connectivity index (χ0v) is 14.2. The van der Waals surface area contributed by atoms with Crippen LogP contribution >= 0.6 is 0 Å². The molecule has 2 aromatic rings. The topological polar surface area (TPSA) is 58.2 Å². The molecule has 1 aliphatic carbocycles. The van der Waals surface area contributed by atoms with Crippen molar-refractivity contribution >= 4 is 5.91 Å². The summed E-state index contributed by atoms with van der Waals surface area (Å²) in [5, 5.41) is 7.33. The van der Waals surface area contributed by atoms with Crippen LogP contribution in [0.5, 0.6) is 0 Å². The fraction of sp³-hybridized carbons (Fsp3) is 0.474. The Kier molecular flexibility index (Phi) is 3.88. The molecule has 4 rings (SSSR count). The van der Waals surface area contributed by atoms with E-state index in [1.165, 1.54) is 11.1 Å². The SMILES string of the molecule is Cc1n[nH]c(C)c1C1COCCN1C(=O)C1Cc2ccccc2C1.